The first-order valence-electron chi connectivity index (χ1n) is 14.5. The third-order valence-electron chi connectivity index (χ3n) is 7.68. The van der Waals surface area contributed by atoms with Crippen LogP contribution < -0.4 is 29.0 Å². The third kappa shape index (κ3) is 6.34. The Morgan fingerprint density at radius 2 is 1.57 bits per heavy atom. The van der Waals surface area contributed by atoms with Crippen molar-refractivity contribution in [3.8, 4) is 39.7 Å². The maximum Gasteiger partial charge on any atom is 0.307 e. The average Bonchev–Trinajstić information content (AvgIpc) is 2.98. The zero-order valence-corrected chi connectivity index (χ0v) is 26.4. The summed E-state index contributed by atoms with van der Waals surface area (Å²) in [5.74, 6) is 2.09. The number of hydrogen-bond acceptors (Lipinski definition) is 6. The van der Waals surface area contributed by atoms with E-state index in [4.69, 9.17) is 23.7 Å². The van der Waals surface area contributed by atoms with Crippen molar-refractivity contribution in [3.63, 3.8) is 0 Å². The van der Waals surface area contributed by atoms with Crippen molar-refractivity contribution >= 4 is 22.6 Å². The largest absolute Gasteiger partial charge is 0.496 e. The Bertz CT molecular complexity index is 1880. The molecule has 1 heterocycles. The van der Waals surface area contributed by atoms with Crippen LogP contribution in [0.2, 0.25) is 0 Å². The van der Waals surface area contributed by atoms with E-state index in [1.165, 1.54) is 0 Å². The Labute approximate surface area is 257 Å². The highest BCUT2D eigenvalue weighted by Gasteiger charge is 2.22. The van der Waals surface area contributed by atoms with Gasteiger partial charge in [-0.1, -0.05) is 12.1 Å². The number of rotatable bonds is 10. The molecule has 0 amide bonds. The molecule has 0 unspecified atom stereocenters. The molecule has 0 radical (unpaired) electrons. The monoisotopic (exact) mass is 595 g/mol. The zero-order chi connectivity index (χ0) is 31.5. The second-order valence-corrected chi connectivity index (χ2v) is 11.3. The van der Waals surface area contributed by atoms with E-state index in [1.54, 1.807) is 13.2 Å². The van der Waals surface area contributed by atoms with Crippen molar-refractivity contribution in [3.05, 3.63) is 88.8 Å². The van der Waals surface area contributed by atoms with Gasteiger partial charge in [-0.3, -0.25) is 4.79 Å². The summed E-state index contributed by atoms with van der Waals surface area (Å²) in [5.41, 5.74) is 7.27. The number of nitrogens with zero attached hydrogens (tertiary/aromatic N) is 2. The van der Waals surface area contributed by atoms with E-state index in [0.29, 0.717) is 19.0 Å². The molecule has 1 aliphatic carbocycles. The number of ether oxygens (including phenoxy) is 3. The highest BCUT2D eigenvalue weighted by molar-refractivity contribution is 6.04. The fraction of sp³-hybridized carbons (Fsp3) is 0.278. The molecule has 0 spiro atoms. The third-order valence-corrected chi connectivity index (χ3v) is 7.68. The predicted molar refractivity (Wildman–Crippen MR) is 175 cm³/mol. The van der Waals surface area contributed by atoms with Crippen molar-refractivity contribution in [2.45, 2.75) is 20.3 Å². The number of fused-ring (bicyclic) bond motifs is 2. The Hall–Kier alpha value is -4.98. The Balaban J connectivity index is 1.51. The SMILES string of the molecule is COc1cc(C)c(OCCOc2ccc(CC(=O)O)cc2C)cc1-c1c2ccc(=[N+](C)C)cc-2oc2cc(N(C)C)ccc12. The number of aliphatic carboxylic acids is 1. The lowest BCUT2D eigenvalue weighted by atomic mass is 9.92. The first-order valence-corrected chi connectivity index (χ1v) is 14.5. The van der Waals surface area contributed by atoms with Gasteiger partial charge in [0, 0.05) is 54.0 Å². The molecule has 0 aromatic heterocycles. The van der Waals surface area contributed by atoms with Gasteiger partial charge in [-0.2, -0.15) is 0 Å². The average molecular weight is 596 g/mol. The second-order valence-electron chi connectivity index (χ2n) is 11.3. The molecular formula is C36H39N2O6+. The summed E-state index contributed by atoms with van der Waals surface area (Å²) >= 11 is 0. The van der Waals surface area contributed by atoms with Crippen LogP contribution in [0.4, 0.5) is 5.69 Å². The molecule has 5 rings (SSSR count). The molecule has 0 saturated heterocycles. The van der Waals surface area contributed by atoms with Gasteiger partial charge in [0.2, 0.25) is 5.36 Å². The number of carboxylic acids is 1. The maximum atomic E-state index is 11.0. The molecule has 44 heavy (non-hydrogen) atoms. The molecule has 228 valence electrons. The molecule has 0 atom stereocenters. The zero-order valence-electron chi connectivity index (χ0n) is 26.4. The summed E-state index contributed by atoms with van der Waals surface area (Å²) in [5, 5.41) is 11.1. The van der Waals surface area contributed by atoms with E-state index in [2.05, 4.69) is 45.9 Å². The summed E-state index contributed by atoms with van der Waals surface area (Å²) in [6.45, 7) is 4.56. The summed E-state index contributed by atoms with van der Waals surface area (Å²) in [4.78, 5) is 13.1. The minimum absolute atomic E-state index is 0.0168. The molecule has 0 saturated carbocycles. The topological polar surface area (TPSA) is 84.4 Å². The van der Waals surface area contributed by atoms with Gasteiger partial charge in [0.25, 0.3) is 0 Å². The summed E-state index contributed by atoms with van der Waals surface area (Å²) in [6, 6.07) is 22.0. The standard InChI is InChI=1S/C36H38N2O6/c1-22-16-24(18-35(39)40)8-13-30(22)42-14-15-43-31-21-29(32(41-7)17-23(31)2)36-27-11-9-25(37(3)4)19-33(27)44-34-20-26(38(5)6)10-12-28(34)36/h8-13,16-17,19-21H,14-15,18H2,1-7H3/p+1. The molecular weight excluding hydrogens is 556 g/mol. The fourth-order valence-electron chi connectivity index (χ4n) is 5.36. The van der Waals surface area contributed by atoms with Crippen LogP contribution in [-0.2, 0) is 11.2 Å². The van der Waals surface area contributed by atoms with Gasteiger partial charge >= 0.3 is 5.97 Å². The minimum Gasteiger partial charge on any atom is -0.496 e. The van der Waals surface area contributed by atoms with E-state index < -0.39 is 5.97 Å². The van der Waals surface area contributed by atoms with Crippen molar-refractivity contribution in [2.24, 2.45) is 0 Å². The maximum absolute atomic E-state index is 11.0. The molecule has 3 aromatic carbocycles. The summed E-state index contributed by atoms with van der Waals surface area (Å²) < 4.78 is 26.7. The predicted octanol–water partition coefficient (Wildman–Crippen LogP) is 6.01. The molecule has 0 fully saturated rings. The van der Waals surface area contributed by atoms with Crippen LogP contribution >= 0.6 is 0 Å². The summed E-state index contributed by atoms with van der Waals surface area (Å²) in [7, 11) is 9.74. The second kappa shape index (κ2) is 12.7. The van der Waals surface area contributed by atoms with Crippen LogP contribution in [0.3, 0.4) is 0 Å². The number of hydrogen-bond donors (Lipinski definition) is 1. The number of benzene rings is 4. The van der Waals surface area contributed by atoms with Gasteiger partial charge in [0.15, 0.2) is 0 Å². The molecule has 2 aliphatic rings. The van der Waals surface area contributed by atoms with E-state index >= 15 is 0 Å². The number of carbonyl (C=O) groups is 1. The van der Waals surface area contributed by atoms with Gasteiger partial charge in [-0.15, -0.1) is 0 Å². The fourth-order valence-corrected chi connectivity index (χ4v) is 5.36. The molecule has 1 aliphatic heterocycles. The molecule has 0 bridgehead atoms. The van der Waals surface area contributed by atoms with Crippen molar-refractivity contribution < 1.29 is 28.5 Å². The molecule has 8 heteroatoms. The lowest BCUT2D eigenvalue weighted by Crippen LogP contribution is -2.21. The molecule has 8 nitrogen and oxygen atoms in total. The number of carboxylic acid groups (broad SMARTS) is 1. The Morgan fingerprint density at radius 3 is 2.23 bits per heavy atom. The van der Waals surface area contributed by atoms with E-state index in [1.807, 2.05) is 66.3 Å². The minimum atomic E-state index is -0.858. The van der Waals surface area contributed by atoms with Crippen LogP contribution in [0, 0.1) is 13.8 Å². The van der Waals surface area contributed by atoms with Gasteiger partial charge in [0.1, 0.15) is 55.9 Å². The Kier molecular flexibility index (Phi) is 8.81. The van der Waals surface area contributed by atoms with Gasteiger partial charge in [0.05, 0.1) is 19.6 Å². The van der Waals surface area contributed by atoms with Gasteiger partial charge < -0.3 is 28.6 Å². The van der Waals surface area contributed by atoms with Crippen LogP contribution in [0.5, 0.6) is 17.2 Å². The number of anilines is 1. The highest BCUT2D eigenvalue weighted by Crippen LogP contribution is 2.45. The molecule has 1 N–H and O–H groups in total. The Morgan fingerprint density at radius 1 is 0.841 bits per heavy atom. The van der Waals surface area contributed by atoms with E-state index in [-0.39, 0.29) is 6.42 Å². The molecule has 3 aromatic rings. The summed E-state index contributed by atoms with van der Waals surface area (Å²) in [6.07, 6.45) is -0.0168. The van der Waals surface area contributed by atoms with Gasteiger partial charge in [-0.25, -0.2) is 4.58 Å². The van der Waals surface area contributed by atoms with Crippen molar-refractivity contribution in [1.29, 1.82) is 0 Å². The first-order chi connectivity index (χ1) is 21.0. The van der Waals surface area contributed by atoms with Crippen LogP contribution in [0.15, 0.2) is 71.1 Å². The lowest BCUT2D eigenvalue weighted by Gasteiger charge is -2.20. The normalized spacial score (nSPS) is 11.1. The van der Waals surface area contributed by atoms with Gasteiger partial charge in [-0.05, 0) is 66.9 Å². The lowest BCUT2D eigenvalue weighted by molar-refractivity contribution is -0.136. The smallest absolute Gasteiger partial charge is 0.307 e. The van der Waals surface area contributed by atoms with Crippen LogP contribution in [0.1, 0.15) is 16.7 Å². The first kappa shape index (κ1) is 30.5. The number of aryl methyl sites for hydroxylation is 2. The van der Waals surface area contributed by atoms with Crippen molar-refractivity contribution in [2.75, 3.05) is 53.4 Å². The van der Waals surface area contributed by atoms with Crippen LogP contribution in [0.25, 0.3) is 33.4 Å². The van der Waals surface area contributed by atoms with E-state index in [9.17, 15) is 4.79 Å². The quantitative estimate of drug-likeness (QED) is 0.120. The van der Waals surface area contributed by atoms with E-state index in [0.717, 1.165) is 72.7 Å². The van der Waals surface area contributed by atoms with Crippen molar-refractivity contribution in [1.82, 2.24) is 4.58 Å². The number of methoxy groups -OCH3 is 1. The van der Waals surface area contributed by atoms with Crippen LogP contribution in [-0.4, -0.2) is 59.6 Å². The highest BCUT2D eigenvalue weighted by atomic mass is 16.5.